The number of nitrogens with one attached hydrogen (secondary N) is 1. The highest BCUT2D eigenvalue weighted by Gasteiger charge is 2.10. The van der Waals surface area contributed by atoms with Crippen LogP contribution in [0.5, 0.6) is 0 Å². The summed E-state index contributed by atoms with van der Waals surface area (Å²) in [6, 6.07) is 10.5. The van der Waals surface area contributed by atoms with Crippen molar-refractivity contribution in [3.63, 3.8) is 0 Å². The zero-order valence-corrected chi connectivity index (χ0v) is 13.0. The number of nitrogens with zero attached hydrogens (tertiary/aromatic N) is 2. The SMILES string of the molecule is CCNc1ccc(Cl)c(CN(C)Cc2ccccc2F)n1. The predicted octanol–water partition coefficient (Wildman–Crippen LogP) is 3.94. The Bertz CT molecular complexity index is 604. The van der Waals surface area contributed by atoms with Crippen molar-refractivity contribution in [2.45, 2.75) is 20.0 Å². The largest absolute Gasteiger partial charge is 0.370 e. The van der Waals surface area contributed by atoms with Crippen LogP contribution in [0, 0.1) is 5.82 Å². The first-order chi connectivity index (χ1) is 10.1. The van der Waals surface area contributed by atoms with Gasteiger partial charge in [-0.15, -0.1) is 0 Å². The van der Waals surface area contributed by atoms with Crippen LogP contribution in [-0.4, -0.2) is 23.5 Å². The van der Waals surface area contributed by atoms with Gasteiger partial charge in [-0.2, -0.15) is 0 Å². The van der Waals surface area contributed by atoms with Crippen LogP contribution in [0.15, 0.2) is 36.4 Å². The molecule has 1 aromatic carbocycles. The third-order valence-corrected chi connectivity index (χ3v) is 3.44. The minimum absolute atomic E-state index is 0.190. The van der Waals surface area contributed by atoms with Gasteiger partial charge >= 0.3 is 0 Å². The normalized spacial score (nSPS) is 10.9. The fourth-order valence-corrected chi connectivity index (χ4v) is 2.27. The summed E-state index contributed by atoms with van der Waals surface area (Å²) in [6.07, 6.45) is 0. The van der Waals surface area contributed by atoms with Crippen molar-refractivity contribution in [1.29, 1.82) is 0 Å². The van der Waals surface area contributed by atoms with E-state index in [-0.39, 0.29) is 5.82 Å². The number of benzene rings is 1. The van der Waals surface area contributed by atoms with Crippen molar-refractivity contribution in [2.24, 2.45) is 0 Å². The predicted molar refractivity (Wildman–Crippen MR) is 85.0 cm³/mol. The maximum Gasteiger partial charge on any atom is 0.127 e. The first kappa shape index (κ1) is 15.7. The van der Waals surface area contributed by atoms with Gasteiger partial charge in [-0.3, -0.25) is 4.90 Å². The van der Waals surface area contributed by atoms with E-state index in [1.807, 2.05) is 37.1 Å². The first-order valence-electron chi connectivity index (χ1n) is 6.91. The highest BCUT2D eigenvalue weighted by Crippen LogP contribution is 2.19. The number of pyridine rings is 1. The van der Waals surface area contributed by atoms with Gasteiger partial charge in [-0.1, -0.05) is 29.8 Å². The molecule has 21 heavy (non-hydrogen) atoms. The molecule has 3 nitrogen and oxygen atoms in total. The van der Waals surface area contributed by atoms with Crippen LogP contribution in [0.25, 0.3) is 0 Å². The van der Waals surface area contributed by atoms with Gasteiger partial charge in [0, 0.05) is 25.2 Å². The maximum atomic E-state index is 13.7. The molecule has 0 spiro atoms. The molecule has 112 valence electrons. The van der Waals surface area contributed by atoms with Crippen LogP contribution in [0.1, 0.15) is 18.2 Å². The van der Waals surface area contributed by atoms with Gasteiger partial charge < -0.3 is 5.32 Å². The Kier molecular flexibility index (Phi) is 5.53. The average Bonchev–Trinajstić information content (AvgIpc) is 2.45. The van der Waals surface area contributed by atoms with Gasteiger partial charge in [0.2, 0.25) is 0 Å². The molecule has 1 heterocycles. The maximum absolute atomic E-state index is 13.7. The van der Waals surface area contributed by atoms with Crippen molar-refractivity contribution in [3.8, 4) is 0 Å². The van der Waals surface area contributed by atoms with Crippen molar-refractivity contribution < 1.29 is 4.39 Å². The smallest absolute Gasteiger partial charge is 0.127 e. The summed E-state index contributed by atoms with van der Waals surface area (Å²) in [4.78, 5) is 6.48. The van der Waals surface area contributed by atoms with Crippen molar-refractivity contribution in [3.05, 3.63) is 58.5 Å². The van der Waals surface area contributed by atoms with E-state index in [1.165, 1.54) is 6.07 Å². The molecule has 0 amide bonds. The summed E-state index contributed by atoms with van der Waals surface area (Å²) in [7, 11) is 1.92. The lowest BCUT2D eigenvalue weighted by atomic mass is 10.2. The molecule has 0 radical (unpaired) electrons. The third-order valence-electron chi connectivity index (χ3n) is 3.09. The molecule has 0 atom stereocenters. The third kappa shape index (κ3) is 4.41. The summed E-state index contributed by atoms with van der Waals surface area (Å²) in [5.41, 5.74) is 1.45. The van der Waals surface area contributed by atoms with Crippen LogP contribution in [0.2, 0.25) is 5.02 Å². The van der Waals surface area contributed by atoms with Crippen molar-refractivity contribution >= 4 is 17.4 Å². The Morgan fingerprint density at radius 3 is 2.67 bits per heavy atom. The highest BCUT2D eigenvalue weighted by atomic mass is 35.5. The summed E-state index contributed by atoms with van der Waals surface area (Å²) in [5.74, 6) is 0.612. The molecule has 0 fully saturated rings. The van der Waals surface area contributed by atoms with Gasteiger partial charge in [-0.05, 0) is 32.2 Å². The molecule has 0 unspecified atom stereocenters. The van der Waals surface area contributed by atoms with Gasteiger partial charge in [0.15, 0.2) is 0 Å². The molecule has 5 heteroatoms. The lowest BCUT2D eigenvalue weighted by molar-refractivity contribution is 0.310. The summed E-state index contributed by atoms with van der Waals surface area (Å²) in [5, 5.41) is 3.78. The first-order valence-corrected chi connectivity index (χ1v) is 7.29. The zero-order valence-electron chi connectivity index (χ0n) is 12.2. The van der Waals surface area contributed by atoms with Crippen LogP contribution in [0.3, 0.4) is 0 Å². The van der Waals surface area contributed by atoms with Crippen molar-refractivity contribution in [2.75, 3.05) is 18.9 Å². The molecule has 0 saturated heterocycles. The van der Waals surface area contributed by atoms with Gasteiger partial charge in [-0.25, -0.2) is 9.37 Å². The van der Waals surface area contributed by atoms with Crippen LogP contribution >= 0.6 is 11.6 Å². The Balaban J connectivity index is 2.07. The minimum atomic E-state index is -0.190. The summed E-state index contributed by atoms with van der Waals surface area (Å²) in [6.45, 7) is 3.89. The molecule has 2 aromatic rings. The molecule has 0 saturated carbocycles. The Morgan fingerprint density at radius 1 is 1.19 bits per heavy atom. The lowest BCUT2D eigenvalue weighted by Crippen LogP contribution is -2.19. The zero-order chi connectivity index (χ0) is 15.2. The van der Waals surface area contributed by atoms with E-state index in [0.29, 0.717) is 23.7 Å². The minimum Gasteiger partial charge on any atom is -0.370 e. The fraction of sp³-hybridized carbons (Fsp3) is 0.312. The summed E-state index contributed by atoms with van der Waals surface area (Å²) < 4.78 is 13.7. The second-order valence-corrected chi connectivity index (χ2v) is 5.33. The second kappa shape index (κ2) is 7.38. The summed E-state index contributed by atoms with van der Waals surface area (Å²) >= 11 is 6.18. The van der Waals surface area contributed by atoms with E-state index in [9.17, 15) is 4.39 Å². The molecule has 0 bridgehead atoms. The monoisotopic (exact) mass is 307 g/mol. The van der Waals surface area contributed by atoms with E-state index in [1.54, 1.807) is 12.1 Å². The quantitative estimate of drug-likeness (QED) is 0.876. The molecule has 0 aliphatic heterocycles. The van der Waals surface area contributed by atoms with Gasteiger partial charge in [0.25, 0.3) is 0 Å². The Hall–Kier alpha value is -1.65. The highest BCUT2D eigenvalue weighted by molar-refractivity contribution is 6.31. The standard InChI is InChI=1S/C16H19ClFN3/c1-3-19-16-9-8-13(17)15(20-16)11-21(2)10-12-6-4-5-7-14(12)18/h4-9H,3,10-11H2,1-2H3,(H,19,20). The van der Waals surface area contributed by atoms with Gasteiger partial charge in [0.1, 0.15) is 11.6 Å². The lowest BCUT2D eigenvalue weighted by Gasteiger charge is -2.18. The van der Waals surface area contributed by atoms with Crippen molar-refractivity contribution in [1.82, 2.24) is 9.88 Å². The van der Waals surface area contributed by atoms with Crippen LogP contribution in [0.4, 0.5) is 10.2 Å². The van der Waals surface area contributed by atoms with E-state index in [2.05, 4.69) is 10.3 Å². The molecular formula is C16H19ClFN3. The molecular weight excluding hydrogens is 289 g/mol. The fourth-order valence-electron chi connectivity index (χ4n) is 2.10. The topological polar surface area (TPSA) is 28.2 Å². The second-order valence-electron chi connectivity index (χ2n) is 4.92. The number of hydrogen-bond acceptors (Lipinski definition) is 3. The average molecular weight is 308 g/mol. The van der Waals surface area contributed by atoms with E-state index in [4.69, 9.17) is 11.6 Å². The van der Waals surface area contributed by atoms with Gasteiger partial charge in [0.05, 0.1) is 10.7 Å². The van der Waals surface area contributed by atoms with Crippen LogP contribution < -0.4 is 5.32 Å². The van der Waals surface area contributed by atoms with E-state index >= 15 is 0 Å². The number of anilines is 1. The van der Waals surface area contributed by atoms with Crippen LogP contribution in [-0.2, 0) is 13.1 Å². The molecule has 0 aliphatic rings. The number of aromatic nitrogens is 1. The molecule has 1 aromatic heterocycles. The number of hydrogen-bond donors (Lipinski definition) is 1. The molecule has 0 aliphatic carbocycles. The Labute approximate surface area is 129 Å². The van der Waals surface area contributed by atoms with E-state index < -0.39 is 0 Å². The molecule has 2 rings (SSSR count). The number of halogens is 2. The Morgan fingerprint density at radius 2 is 1.95 bits per heavy atom. The molecule has 1 N–H and O–H groups in total. The van der Waals surface area contributed by atoms with E-state index in [0.717, 1.165) is 18.1 Å². The number of rotatable bonds is 6.